The van der Waals surface area contributed by atoms with Gasteiger partial charge in [0.15, 0.2) is 0 Å². The lowest BCUT2D eigenvalue weighted by Gasteiger charge is -2.08. The molecular weight excluding hydrogens is 382 g/mol. The van der Waals surface area contributed by atoms with Gasteiger partial charge in [-0.1, -0.05) is 12.1 Å². The normalized spacial score (nSPS) is 10.2. The molecule has 110 valence electrons. The highest BCUT2D eigenvalue weighted by atomic mass is 127. The van der Waals surface area contributed by atoms with Crippen molar-refractivity contribution in [1.82, 2.24) is 5.32 Å². The Hall–Kier alpha value is -1.63. The SMILES string of the molecule is O=C(CNc1ccc(I)cc1)NCCc1ccc(F)cc1. The van der Waals surface area contributed by atoms with E-state index in [1.807, 2.05) is 24.3 Å². The summed E-state index contributed by atoms with van der Waals surface area (Å²) in [5, 5.41) is 5.89. The van der Waals surface area contributed by atoms with Crippen molar-refractivity contribution in [2.45, 2.75) is 6.42 Å². The second-order valence-corrected chi connectivity index (χ2v) is 5.83. The molecule has 0 aliphatic heterocycles. The van der Waals surface area contributed by atoms with E-state index in [2.05, 4.69) is 33.2 Å². The molecule has 0 spiro atoms. The highest BCUT2D eigenvalue weighted by molar-refractivity contribution is 14.1. The lowest BCUT2D eigenvalue weighted by atomic mass is 10.1. The first-order chi connectivity index (χ1) is 10.1. The summed E-state index contributed by atoms with van der Waals surface area (Å²) in [5.41, 5.74) is 1.92. The average Bonchev–Trinajstić information content (AvgIpc) is 2.49. The lowest BCUT2D eigenvalue weighted by Crippen LogP contribution is -2.31. The first-order valence-electron chi connectivity index (χ1n) is 6.64. The molecule has 0 unspecified atom stereocenters. The van der Waals surface area contributed by atoms with Gasteiger partial charge in [0.1, 0.15) is 5.82 Å². The lowest BCUT2D eigenvalue weighted by molar-refractivity contribution is -0.119. The molecule has 5 heteroatoms. The molecule has 0 atom stereocenters. The molecule has 0 fully saturated rings. The van der Waals surface area contributed by atoms with Crippen LogP contribution in [-0.2, 0) is 11.2 Å². The summed E-state index contributed by atoms with van der Waals surface area (Å²) in [7, 11) is 0. The van der Waals surface area contributed by atoms with Gasteiger partial charge in [-0.15, -0.1) is 0 Å². The molecular formula is C16H16FIN2O. The Kier molecular flexibility index (Phi) is 5.98. The van der Waals surface area contributed by atoms with Gasteiger partial charge in [0.05, 0.1) is 6.54 Å². The highest BCUT2D eigenvalue weighted by Gasteiger charge is 2.01. The van der Waals surface area contributed by atoms with Crippen LogP contribution in [0.5, 0.6) is 0 Å². The third-order valence-electron chi connectivity index (χ3n) is 2.95. The smallest absolute Gasteiger partial charge is 0.239 e. The number of hydrogen-bond acceptors (Lipinski definition) is 2. The van der Waals surface area contributed by atoms with Crippen molar-refractivity contribution in [3.8, 4) is 0 Å². The molecule has 0 saturated carbocycles. The van der Waals surface area contributed by atoms with E-state index in [4.69, 9.17) is 0 Å². The number of carbonyl (C=O) groups excluding carboxylic acids is 1. The molecule has 1 amide bonds. The van der Waals surface area contributed by atoms with Crippen LogP contribution in [0.4, 0.5) is 10.1 Å². The number of hydrogen-bond donors (Lipinski definition) is 2. The van der Waals surface area contributed by atoms with Gasteiger partial charge in [-0.2, -0.15) is 0 Å². The van der Waals surface area contributed by atoms with Crippen molar-refractivity contribution in [3.63, 3.8) is 0 Å². The maximum atomic E-state index is 12.7. The highest BCUT2D eigenvalue weighted by Crippen LogP contribution is 2.10. The number of amides is 1. The van der Waals surface area contributed by atoms with E-state index >= 15 is 0 Å². The fourth-order valence-electron chi connectivity index (χ4n) is 1.81. The zero-order chi connectivity index (χ0) is 15.1. The molecule has 2 aromatic rings. The molecule has 21 heavy (non-hydrogen) atoms. The van der Waals surface area contributed by atoms with Crippen molar-refractivity contribution in [2.75, 3.05) is 18.4 Å². The van der Waals surface area contributed by atoms with Gasteiger partial charge < -0.3 is 10.6 Å². The van der Waals surface area contributed by atoms with E-state index in [9.17, 15) is 9.18 Å². The van der Waals surface area contributed by atoms with Gasteiger partial charge in [0.2, 0.25) is 5.91 Å². The van der Waals surface area contributed by atoms with Gasteiger partial charge in [-0.25, -0.2) is 4.39 Å². The maximum absolute atomic E-state index is 12.7. The van der Waals surface area contributed by atoms with Crippen molar-refractivity contribution in [2.24, 2.45) is 0 Å². The van der Waals surface area contributed by atoms with Gasteiger partial charge in [0.25, 0.3) is 0 Å². The standard InChI is InChI=1S/C16H16FIN2O/c17-13-3-1-12(2-4-13)9-10-19-16(21)11-20-15-7-5-14(18)6-8-15/h1-8,20H,9-11H2,(H,19,21). The topological polar surface area (TPSA) is 41.1 Å². The maximum Gasteiger partial charge on any atom is 0.239 e. The Morgan fingerprint density at radius 2 is 1.71 bits per heavy atom. The Balaban J connectivity index is 1.67. The van der Waals surface area contributed by atoms with Gasteiger partial charge in [-0.05, 0) is 71.0 Å². The third-order valence-corrected chi connectivity index (χ3v) is 3.67. The molecule has 2 aromatic carbocycles. The van der Waals surface area contributed by atoms with Crippen LogP contribution in [0.2, 0.25) is 0 Å². The van der Waals surface area contributed by atoms with Crippen LogP contribution in [0.3, 0.4) is 0 Å². The molecule has 0 aromatic heterocycles. The van der Waals surface area contributed by atoms with Gasteiger partial charge in [-0.3, -0.25) is 4.79 Å². The minimum absolute atomic E-state index is 0.0596. The Bertz CT molecular complexity index is 584. The van der Waals surface area contributed by atoms with E-state index < -0.39 is 0 Å². The summed E-state index contributed by atoms with van der Waals surface area (Å²) in [6.07, 6.45) is 0.690. The number of benzene rings is 2. The first-order valence-corrected chi connectivity index (χ1v) is 7.72. The molecule has 2 N–H and O–H groups in total. The average molecular weight is 398 g/mol. The fraction of sp³-hybridized carbons (Fsp3) is 0.188. The minimum atomic E-state index is -0.246. The fourth-order valence-corrected chi connectivity index (χ4v) is 2.17. The van der Waals surface area contributed by atoms with E-state index in [0.717, 1.165) is 14.8 Å². The van der Waals surface area contributed by atoms with Crippen LogP contribution in [-0.4, -0.2) is 19.0 Å². The quantitative estimate of drug-likeness (QED) is 0.734. The van der Waals surface area contributed by atoms with Gasteiger partial charge >= 0.3 is 0 Å². The van der Waals surface area contributed by atoms with Crippen molar-refractivity contribution < 1.29 is 9.18 Å². The first kappa shape index (κ1) is 15.8. The monoisotopic (exact) mass is 398 g/mol. The van der Waals surface area contributed by atoms with Crippen molar-refractivity contribution in [1.29, 1.82) is 0 Å². The van der Waals surface area contributed by atoms with E-state index in [1.54, 1.807) is 12.1 Å². The summed E-state index contributed by atoms with van der Waals surface area (Å²) >= 11 is 2.23. The van der Waals surface area contributed by atoms with E-state index in [0.29, 0.717) is 13.0 Å². The Morgan fingerprint density at radius 3 is 2.38 bits per heavy atom. The second-order valence-electron chi connectivity index (χ2n) is 4.59. The molecule has 0 heterocycles. The van der Waals surface area contributed by atoms with Crippen LogP contribution in [0.15, 0.2) is 48.5 Å². The summed E-state index contributed by atoms with van der Waals surface area (Å²) in [5.74, 6) is -0.305. The Labute approximate surface area is 137 Å². The number of rotatable bonds is 6. The summed E-state index contributed by atoms with van der Waals surface area (Å²) in [4.78, 5) is 11.7. The molecule has 0 radical (unpaired) electrons. The van der Waals surface area contributed by atoms with Crippen LogP contribution in [0.25, 0.3) is 0 Å². The largest absolute Gasteiger partial charge is 0.376 e. The second kappa shape index (κ2) is 7.97. The number of nitrogens with one attached hydrogen (secondary N) is 2. The molecule has 0 saturated heterocycles. The Morgan fingerprint density at radius 1 is 1.05 bits per heavy atom. The predicted molar refractivity (Wildman–Crippen MR) is 90.8 cm³/mol. The summed E-state index contributed by atoms with van der Waals surface area (Å²) < 4.78 is 13.9. The molecule has 2 rings (SSSR count). The predicted octanol–water partition coefficient (Wildman–Crippen LogP) is 3.20. The zero-order valence-electron chi connectivity index (χ0n) is 11.4. The third kappa shape index (κ3) is 5.71. The van der Waals surface area contributed by atoms with Gasteiger partial charge in [0, 0.05) is 15.8 Å². The number of halogens is 2. The van der Waals surface area contributed by atoms with Crippen LogP contribution >= 0.6 is 22.6 Å². The number of carbonyl (C=O) groups is 1. The molecule has 3 nitrogen and oxygen atoms in total. The summed E-state index contributed by atoms with van der Waals surface area (Å²) in [6.45, 7) is 0.781. The van der Waals surface area contributed by atoms with E-state index in [-0.39, 0.29) is 18.3 Å². The van der Waals surface area contributed by atoms with E-state index in [1.165, 1.54) is 12.1 Å². The van der Waals surface area contributed by atoms with Crippen LogP contribution in [0, 0.1) is 9.39 Å². The van der Waals surface area contributed by atoms with Crippen LogP contribution in [0.1, 0.15) is 5.56 Å². The van der Waals surface area contributed by atoms with Crippen molar-refractivity contribution in [3.05, 3.63) is 63.5 Å². The molecule has 0 aliphatic carbocycles. The molecule has 0 bridgehead atoms. The zero-order valence-corrected chi connectivity index (χ0v) is 13.6. The minimum Gasteiger partial charge on any atom is -0.376 e. The molecule has 0 aliphatic rings. The summed E-state index contributed by atoms with van der Waals surface area (Å²) in [6, 6.07) is 14.1. The van der Waals surface area contributed by atoms with Crippen molar-refractivity contribution >= 4 is 34.2 Å². The number of anilines is 1. The van der Waals surface area contributed by atoms with Crippen LogP contribution < -0.4 is 10.6 Å².